The van der Waals surface area contributed by atoms with Crippen molar-refractivity contribution in [3.8, 4) is 0 Å². The van der Waals surface area contributed by atoms with Gasteiger partial charge < -0.3 is 68.2 Å². The molecule has 2 aromatic rings. The van der Waals surface area contributed by atoms with E-state index in [0.29, 0.717) is 5.56 Å². The third-order valence-electron chi connectivity index (χ3n) is 7.83. The molecule has 21 nitrogen and oxygen atoms in total. The molecule has 0 bridgehead atoms. The summed E-state index contributed by atoms with van der Waals surface area (Å²) >= 11 is 0. The van der Waals surface area contributed by atoms with E-state index in [-0.39, 0.29) is 6.42 Å². The van der Waals surface area contributed by atoms with Crippen LogP contribution in [0, 0.1) is 5.92 Å². The molecule has 0 radical (unpaired) electrons. The normalized spacial score (nSPS) is 15.1. The van der Waals surface area contributed by atoms with Crippen molar-refractivity contribution < 1.29 is 63.9 Å². The fraction of sp³-hybridized carbons (Fsp3) is 0.500. The molecule has 1 aromatic heterocycles. The summed E-state index contributed by atoms with van der Waals surface area (Å²) in [6, 6.07) is -2.39. The molecule has 53 heavy (non-hydrogen) atoms. The second-order valence-corrected chi connectivity index (χ2v) is 12.4. The van der Waals surface area contributed by atoms with Gasteiger partial charge >= 0.3 is 11.9 Å². The number of aliphatic carboxylic acids is 2. The maximum atomic E-state index is 13.3. The van der Waals surface area contributed by atoms with Crippen molar-refractivity contribution in [2.24, 2.45) is 11.7 Å². The highest BCUT2D eigenvalue weighted by molar-refractivity contribution is 5.97. The highest BCUT2D eigenvalue weighted by Gasteiger charge is 2.34. The van der Waals surface area contributed by atoms with Gasteiger partial charge in [-0.05, 0) is 24.5 Å². The van der Waals surface area contributed by atoms with Gasteiger partial charge in [-0.2, -0.15) is 0 Å². The summed E-state index contributed by atoms with van der Waals surface area (Å²) in [7, 11) is 0. The Hall–Kier alpha value is -5.64. The monoisotopic (exact) mass is 750 g/mol. The molecule has 0 aliphatic carbocycles. The van der Waals surface area contributed by atoms with Gasteiger partial charge in [0, 0.05) is 23.5 Å². The summed E-state index contributed by atoms with van der Waals surface area (Å²) in [6.45, 7) is 1.60. The Morgan fingerprint density at radius 3 is 1.91 bits per heavy atom. The molecule has 0 saturated carbocycles. The van der Waals surface area contributed by atoms with Crippen molar-refractivity contribution in [1.82, 2.24) is 36.9 Å². The second kappa shape index (κ2) is 20.4. The third-order valence-corrected chi connectivity index (χ3v) is 7.83. The number of hydrogen-bond acceptors (Lipinski definition) is 12. The maximum absolute atomic E-state index is 13.3. The number of nitrogens with two attached hydrogens (primary N) is 1. The van der Waals surface area contributed by atoms with Crippen LogP contribution in [0.4, 0.5) is 0 Å². The van der Waals surface area contributed by atoms with Crippen LogP contribution in [0.1, 0.15) is 32.8 Å². The molecule has 2 rings (SSSR count). The highest BCUT2D eigenvalue weighted by Crippen LogP contribution is 2.19. The Balaban J connectivity index is 2.15. The average Bonchev–Trinajstić information content (AvgIpc) is 3.51. The molecule has 1 aromatic carbocycles. The second-order valence-electron chi connectivity index (χ2n) is 12.4. The molecule has 0 unspecified atom stereocenters. The molecule has 0 aliphatic heterocycles. The summed E-state index contributed by atoms with van der Waals surface area (Å²) in [4.78, 5) is 103. The van der Waals surface area contributed by atoms with E-state index < -0.39 is 122 Å². The number of hydrogen-bond donors (Lipinski definition) is 13. The standard InChI is InChI=1S/C32H46N8O13/c1-14(2)25(32(52)53)39-30(50)20(8-16-10-34-19-7-5-4-6-17(16)19)36-23(44)11-35-28(48)22(13-42)38-29(49)21(9-24(45)46)37-31(51)26(15(3)43)40-27(47)18(33)12-41/h4-7,10,14-15,18,20-22,25-26,34,41-43H,8-9,11-13,33H2,1-3H3,(H,35,48)(H,36,44)(H,37,51)(H,38,49)(H,39,50)(H,40,47)(H,45,46)(H,52,53)/t15-,18+,20+,21+,22+,25+,26+/m1/s1. The van der Waals surface area contributed by atoms with Gasteiger partial charge in [0.25, 0.3) is 0 Å². The van der Waals surface area contributed by atoms with Gasteiger partial charge in [-0.25, -0.2) is 4.79 Å². The lowest BCUT2D eigenvalue weighted by molar-refractivity contribution is -0.143. The van der Waals surface area contributed by atoms with Crippen LogP contribution >= 0.6 is 0 Å². The first kappa shape index (κ1) is 43.5. The minimum Gasteiger partial charge on any atom is -0.481 e. The number of rotatable bonds is 21. The minimum absolute atomic E-state index is 0.0835. The molecule has 1 heterocycles. The fourth-order valence-corrected chi connectivity index (χ4v) is 4.89. The van der Waals surface area contributed by atoms with Crippen LogP contribution < -0.4 is 37.6 Å². The zero-order valence-electron chi connectivity index (χ0n) is 29.1. The Morgan fingerprint density at radius 1 is 0.736 bits per heavy atom. The van der Waals surface area contributed by atoms with Gasteiger partial charge in [-0.1, -0.05) is 32.0 Å². The van der Waals surface area contributed by atoms with Gasteiger partial charge in [0.05, 0.1) is 32.3 Å². The van der Waals surface area contributed by atoms with E-state index in [1.54, 1.807) is 44.3 Å². The van der Waals surface area contributed by atoms with Crippen LogP contribution in [-0.4, -0.2) is 140 Å². The number of aliphatic hydroxyl groups excluding tert-OH is 3. The number of fused-ring (bicyclic) bond motifs is 1. The molecule has 7 atom stereocenters. The SMILES string of the molecule is CC(C)[C@H](NC(=O)[C@H](Cc1c[nH]c2ccccc12)NC(=O)CNC(=O)[C@H](CO)NC(=O)[C@H](CC(=O)O)NC(=O)[C@@H](NC(=O)[C@@H](N)CO)[C@@H](C)O)C(=O)O. The molecule has 0 aliphatic rings. The number of H-pyrrole nitrogens is 1. The van der Waals surface area contributed by atoms with E-state index in [9.17, 15) is 58.8 Å². The number of carboxylic acids is 2. The lowest BCUT2D eigenvalue weighted by Crippen LogP contribution is -2.61. The number of nitrogens with one attached hydrogen (secondary N) is 7. The largest absolute Gasteiger partial charge is 0.481 e. The number of aromatic nitrogens is 1. The third kappa shape index (κ3) is 13.1. The van der Waals surface area contributed by atoms with E-state index in [0.717, 1.165) is 17.8 Å². The zero-order valence-corrected chi connectivity index (χ0v) is 29.1. The van der Waals surface area contributed by atoms with E-state index >= 15 is 0 Å². The number of benzene rings is 1. The van der Waals surface area contributed by atoms with Crippen molar-refractivity contribution in [2.45, 2.75) is 76.0 Å². The van der Waals surface area contributed by atoms with Gasteiger partial charge in [-0.15, -0.1) is 0 Å². The van der Waals surface area contributed by atoms with Crippen molar-refractivity contribution in [3.05, 3.63) is 36.0 Å². The summed E-state index contributed by atoms with van der Waals surface area (Å²) in [5, 5.41) is 61.7. The van der Waals surface area contributed by atoms with Crippen LogP contribution in [0.25, 0.3) is 10.9 Å². The van der Waals surface area contributed by atoms with Gasteiger partial charge in [0.15, 0.2) is 0 Å². The van der Waals surface area contributed by atoms with E-state index in [1.165, 1.54) is 0 Å². The Labute approximate surface area is 302 Å². The lowest BCUT2D eigenvalue weighted by atomic mass is 10.0. The van der Waals surface area contributed by atoms with Crippen molar-refractivity contribution in [1.29, 1.82) is 0 Å². The van der Waals surface area contributed by atoms with Crippen LogP contribution in [0.5, 0.6) is 0 Å². The van der Waals surface area contributed by atoms with Crippen LogP contribution in [0.3, 0.4) is 0 Å². The van der Waals surface area contributed by atoms with Gasteiger partial charge in [-0.3, -0.25) is 33.6 Å². The van der Waals surface area contributed by atoms with Crippen LogP contribution in [-0.2, 0) is 44.8 Å². The minimum atomic E-state index is -1.90. The lowest BCUT2D eigenvalue weighted by Gasteiger charge is -2.26. The topological polar surface area (TPSA) is 352 Å². The number of carbonyl (C=O) groups excluding carboxylic acids is 6. The number of amides is 6. The molecule has 6 amide bonds. The first-order chi connectivity index (χ1) is 24.9. The molecular weight excluding hydrogens is 704 g/mol. The zero-order chi connectivity index (χ0) is 40.0. The molecule has 21 heteroatoms. The number of aromatic amines is 1. The summed E-state index contributed by atoms with van der Waals surface area (Å²) in [6.07, 6.45) is -1.09. The quantitative estimate of drug-likeness (QED) is 0.0569. The van der Waals surface area contributed by atoms with Gasteiger partial charge in [0.2, 0.25) is 35.4 Å². The Kier molecular flexibility index (Phi) is 16.8. The van der Waals surface area contributed by atoms with Gasteiger partial charge in [0.1, 0.15) is 36.3 Å². The average molecular weight is 751 g/mol. The summed E-state index contributed by atoms with van der Waals surface area (Å²) in [5.41, 5.74) is 6.75. The van der Waals surface area contributed by atoms with Crippen molar-refractivity contribution in [3.63, 3.8) is 0 Å². The first-order valence-corrected chi connectivity index (χ1v) is 16.3. The maximum Gasteiger partial charge on any atom is 0.326 e. The number of carboxylic acid groups (broad SMARTS) is 2. The smallest absolute Gasteiger partial charge is 0.326 e. The number of para-hydroxylation sites is 1. The van der Waals surface area contributed by atoms with Crippen LogP contribution in [0.2, 0.25) is 0 Å². The molecule has 292 valence electrons. The molecular formula is C32H46N8O13. The molecule has 0 fully saturated rings. The highest BCUT2D eigenvalue weighted by atomic mass is 16.4. The van der Waals surface area contributed by atoms with E-state index in [4.69, 9.17) is 10.8 Å². The number of carbonyl (C=O) groups is 8. The number of aliphatic hydroxyl groups is 3. The first-order valence-electron chi connectivity index (χ1n) is 16.3. The van der Waals surface area contributed by atoms with Crippen molar-refractivity contribution >= 4 is 58.3 Å². The Morgan fingerprint density at radius 2 is 1.34 bits per heavy atom. The predicted octanol–water partition coefficient (Wildman–Crippen LogP) is -4.84. The molecule has 0 spiro atoms. The molecule has 14 N–H and O–H groups in total. The van der Waals surface area contributed by atoms with E-state index in [1.807, 2.05) is 10.6 Å². The van der Waals surface area contributed by atoms with E-state index in [2.05, 4.69) is 26.3 Å². The Bertz CT molecular complexity index is 1650. The molecule has 0 saturated heterocycles. The summed E-state index contributed by atoms with van der Waals surface area (Å²) in [5.74, 6) is -9.81. The predicted molar refractivity (Wildman–Crippen MR) is 183 cm³/mol. The van der Waals surface area contributed by atoms with Crippen LogP contribution in [0.15, 0.2) is 30.5 Å². The van der Waals surface area contributed by atoms with Crippen molar-refractivity contribution in [2.75, 3.05) is 19.8 Å². The fourth-order valence-electron chi connectivity index (χ4n) is 4.89. The summed E-state index contributed by atoms with van der Waals surface area (Å²) < 4.78 is 0.